The molecule has 15 atom stereocenters. The van der Waals surface area contributed by atoms with Crippen LogP contribution < -0.4 is 47.4 Å². The van der Waals surface area contributed by atoms with Crippen LogP contribution in [0.4, 0.5) is 0 Å². The van der Waals surface area contributed by atoms with E-state index in [9.17, 15) is 25.5 Å². The summed E-state index contributed by atoms with van der Waals surface area (Å²) >= 11 is 0. The molecule has 0 amide bonds. The van der Waals surface area contributed by atoms with Gasteiger partial charge < -0.3 is 72.9 Å². The Morgan fingerprint density at radius 2 is 0.513 bits per heavy atom. The molecule has 5 aromatic carbocycles. The molecule has 15 unspecified atom stereocenters. The summed E-state index contributed by atoms with van der Waals surface area (Å²) in [5.41, 5.74) is -19.1. The summed E-state index contributed by atoms with van der Waals surface area (Å²) in [6.07, 6.45) is -44.1. The fourth-order valence-corrected chi connectivity index (χ4v) is 14.2. The van der Waals surface area contributed by atoms with Gasteiger partial charge in [-0.05, 0) is 269 Å². The van der Waals surface area contributed by atoms with E-state index in [1.54, 1.807) is 0 Å². The maximum atomic E-state index is 11.3. The molecule has 10 heterocycles. The van der Waals surface area contributed by atoms with E-state index >= 15 is 0 Å². The predicted octanol–water partition coefficient (Wildman–Crippen LogP) is 16.7. The zero-order chi connectivity index (χ0) is 157. The lowest BCUT2D eigenvalue weighted by Gasteiger charge is -2.47. The molecule has 20 nitrogen and oxygen atoms in total. The molecule has 5 aromatic rings. The SMILES string of the molecule is [2H]c1c(OC([2H])([2H])[2H])c(OC)c([2H])c2c1C1CC(O)C(C([2H])([2H])C(C)(C([2H])([2H])[2H])C([2H])([2H])[2H])C([2H])([2H])N1C([2H])([2H])C2([2H])[2H].[2H]c1c(OC([2H])([2H])[2H])c(OC)c([2H])c2c1C1CC(O)C(C([2H])([2H])C(C)(C([2H])([2H])[2H])C([2H])([2H])[2H])C([2H])([2H])N1C([2H])([2H])C2([2H])[2H].[2H]c1c(OC([2H])([2H])[2H])c(OC)c([2H])c2c1C1CC(O)C(CC(C)C)C([2H])([2H])N1C([2H])([2H])C2([2H])[2H].[2H]c1c(OC)c(OC)c([2H])c2c1C1CC(O)C(C([2H])([2H])C(C)(C([2H])([2H])[2H])C([2H])([2H])[2H])C([2H])([2H])N1C([2H])([2H])C2([2H])[2H].[2H]c1c(OC)c(OC)c([2H])c2c1C1CC(O)C(C([2H])([2H])C(C)(C([2H])([2H])[2H])C([2H])([2H])[2H])C([2H])([2H])N1C([2H])([2H])C2([2H])[2H]. The fraction of sp³-hybridized carbons (Fsp3) is 0.697. The van der Waals surface area contributed by atoms with Crippen LogP contribution in [0, 0.1) is 57.2 Å². The van der Waals surface area contributed by atoms with E-state index in [0.29, 0.717) is 32.6 Å². The normalized spacial score (nSPS) is 45.4. The Kier molecular flexibility index (Phi) is 11.3. The van der Waals surface area contributed by atoms with Crippen molar-refractivity contribution in [1.82, 2.24) is 24.5 Å². The summed E-state index contributed by atoms with van der Waals surface area (Å²) in [5, 5.41) is 55.9. The van der Waals surface area contributed by atoms with Crippen LogP contribution in [0.5, 0.6) is 57.5 Å². The molecule has 15 rings (SSSR count). The number of piperidine rings is 5. The molecule has 0 radical (unpaired) electrons. The quantitative estimate of drug-likeness (QED) is 0.0622. The molecule has 0 spiro atoms. The molecule has 0 bridgehead atoms. The minimum atomic E-state index is -3.64. The van der Waals surface area contributed by atoms with Crippen molar-refractivity contribution in [2.24, 2.45) is 57.2 Å². The van der Waals surface area contributed by atoms with Crippen LogP contribution in [0.1, 0.15) is 357 Å². The number of fused-ring (bicyclic) bond motifs is 15. The molecule has 0 aliphatic carbocycles. The van der Waals surface area contributed by atoms with Gasteiger partial charge in [0.15, 0.2) is 57.5 Å². The monoisotopic (exact) mass is 1730 g/mol. The third-order valence-electron chi connectivity index (χ3n) is 19.5. The van der Waals surface area contributed by atoms with E-state index in [2.05, 4.69) is 0 Å². The largest absolute Gasteiger partial charge is 0.493 e. The third kappa shape index (κ3) is 22.8. The number of methoxy groups -OCH3 is 10. The Bertz CT molecular complexity index is 7520. The van der Waals surface area contributed by atoms with Crippen molar-refractivity contribution < 1.29 is 184 Å². The number of hydrogen-bond acceptors (Lipinski definition) is 20. The molecule has 664 valence electrons. The summed E-state index contributed by atoms with van der Waals surface area (Å²) in [4.78, 5) is 1.56. The Hall–Kier alpha value is -6.30. The Morgan fingerprint density at radius 3 is 0.697 bits per heavy atom. The number of ether oxygens (including phenoxy) is 10. The topological polar surface area (TPSA) is 210 Å². The van der Waals surface area contributed by atoms with Gasteiger partial charge in [0.1, 0.15) is 0 Å². The van der Waals surface area contributed by atoms with E-state index in [1.165, 1.54) is 0 Å². The molecule has 119 heavy (non-hydrogen) atoms. The van der Waals surface area contributed by atoms with E-state index in [4.69, 9.17) is 158 Å². The second-order valence-corrected chi connectivity index (χ2v) is 29.7. The average molecular weight is 1730 g/mol. The van der Waals surface area contributed by atoms with Gasteiger partial charge in [0.25, 0.3) is 0 Å². The highest BCUT2D eigenvalue weighted by molar-refractivity contribution is 5.54. The van der Waals surface area contributed by atoms with Crippen LogP contribution in [-0.4, -0.2) is 216 Å². The van der Waals surface area contributed by atoms with E-state index < -0.39 is 481 Å². The van der Waals surface area contributed by atoms with Gasteiger partial charge in [0.05, 0.1) is 127 Å². The lowest BCUT2D eigenvalue weighted by Crippen LogP contribution is -2.48. The third-order valence-corrected chi connectivity index (χ3v) is 19.5. The van der Waals surface area contributed by atoms with Crippen LogP contribution in [0.15, 0.2) is 60.4 Å². The van der Waals surface area contributed by atoms with Gasteiger partial charge in [-0.25, -0.2) is 0 Å². The minimum Gasteiger partial charge on any atom is -0.493 e. The molecular weight excluding hydrogens is 1500 g/mol. The Labute approximate surface area is 829 Å². The van der Waals surface area contributed by atoms with Gasteiger partial charge >= 0.3 is 0 Å². The van der Waals surface area contributed by atoms with Crippen molar-refractivity contribution in [3.63, 3.8) is 0 Å². The smallest absolute Gasteiger partial charge is 0.161 e. The number of aliphatic hydroxyl groups excluding tert-OH is 5. The van der Waals surface area contributed by atoms with Crippen molar-refractivity contribution in [2.45, 2.75) is 253 Å². The predicted molar refractivity (Wildman–Crippen MR) is 474 cm³/mol. The Morgan fingerprint density at radius 1 is 0.328 bits per heavy atom. The number of rotatable bonds is 16. The molecule has 10 aliphatic rings. The summed E-state index contributed by atoms with van der Waals surface area (Å²) in [7, 11) is -1.92. The number of hydrogen-bond donors (Lipinski definition) is 5. The maximum absolute atomic E-state index is 11.3. The van der Waals surface area contributed by atoms with Crippen LogP contribution in [0.25, 0.3) is 0 Å². The minimum absolute atomic E-state index is 0.0406. The number of nitrogens with zero attached hydrogens (tertiary/aromatic N) is 5. The second-order valence-electron chi connectivity index (χ2n) is 29.7. The van der Waals surface area contributed by atoms with Gasteiger partial charge in [0.2, 0.25) is 0 Å². The summed E-state index contributed by atoms with van der Waals surface area (Å²) in [5.74, 6) is -17.2. The summed E-state index contributed by atoms with van der Waals surface area (Å²) in [6.45, 7) is -56.0. The number of aliphatic hydroxyl groups is 5. The summed E-state index contributed by atoms with van der Waals surface area (Å²) < 4.78 is 726. The zero-order valence-corrected chi connectivity index (χ0v) is 67.0. The summed E-state index contributed by atoms with van der Waals surface area (Å²) in [6, 6.07) is -16.0. The highest BCUT2D eigenvalue weighted by atomic mass is 16.5. The molecular formula is C99H153N5O15. The van der Waals surface area contributed by atoms with Gasteiger partial charge in [-0.1, -0.05) is 96.4 Å². The first kappa shape index (κ1) is 33.9. The molecule has 5 saturated heterocycles. The van der Waals surface area contributed by atoms with Crippen molar-refractivity contribution in [3.8, 4) is 57.5 Å². The molecule has 20 heteroatoms. The first-order chi connectivity index (χ1) is 88.5. The first-order valence-electron chi connectivity index (χ1n) is 77.6. The molecule has 5 N–H and O–H groups in total. The van der Waals surface area contributed by atoms with Crippen LogP contribution in [0.3, 0.4) is 0 Å². The van der Waals surface area contributed by atoms with Crippen molar-refractivity contribution in [1.29, 1.82) is 0 Å². The lowest BCUT2D eigenvalue weighted by atomic mass is 9.75. The second kappa shape index (κ2) is 39.7. The molecule has 5 fully saturated rings. The van der Waals surface area contributed by atoms with Gasteiger partial charge in [-0.3, -0.25) is 24.5 Å². The highest BCUT2D eigenvalue weighted by Gasteiger charge is 2.46. The highest BCUT2D eigenvalue weighted by Crippen LogP contribution is 2.52. The van der Waals surface area contributed by atoms with E-state index in [-0.39, 0.29) is 66.9 Å². The van der Waals surface area contributed by atoms with Gasteiger partial charge in [-0.15, -0.1) is 0 Å². The lowest BCUT2D eigenvalue weighted by molar-refractivity contribution is -0.0259. The van der Waals surface area contributed by atoms with Crippen LogP contribution in [-0.2, 0) is 31.9 Å². The van der Waals surface area contributed by atoms with Crippen LogP contribution >= 0.6 is 0 Å². The standard InChI is InChI=1S/4C20H31NO3.C19H29NO3/c4*1-20(2,3)11-14-12-21-7-6-13-8-18(23-4)19(24-5)9-15(13)16(21)10-17(14)22;1-12(2)7-14-11-20-6-5-13-8-18(22-3)19(23-4)9-15(13)16(20)10-17(14)21/h4*8-9,14,16-17,22H,6-7,10-12H2,1-5H3;8-9,12,14,16-17,21H,5-7,10-11H2,1-4H3/i2*1D3,2D3,5D3,6D2,7D2,8D,9D,11D2,12D2;2*1D3,2D3,6D2,7D2,8D,9D,11D2,12D2;4D3,5D2,6D2,8D,9D,11D2. The molecule has 0 aromatic heterocycles. The molecule has 10 aliphatic heterocycles. The van der Waals surface area contributed by atoms with Crippen molar-refractivity contribution >= 4 is 0 Å². The fourth-order valence-electron chi connectivity index (χ4n) is 14.2. The van der Waals surface area contributed by atoms with E-state index in [0.717, 1.165) is 49.8 Å². The van der Waals surface area contributed by atoms with Crippen LogP contribution in [0.2, 0.25) is 0 Å². The molecule has 0 saturated carbocycles. The number of benzene rings is 5. The van der Waals surface area contributed by atoms with Crippen molar-refractivity contribution in [2.75, 3.05) is 136 Å². The van der Waals surface area contributed by atoms with Gasteiger partial charge in [-0.2, -0.15) is 0 Å². The maximum Gasteiger partial charge on any atom is 0.161 e. The first-order valence-corrected chi connectivity index (χ1v) is 37.1. The van der Waals surface area contributed by atoms with E-state index in [1.807, 2.05) is 13.8 Å². The zero-order valence-electron chi connectivity index (χ0n) is 148. The van der Waals surface area contributed by atoms with Gasteiger partial charge in [0, 0.05) is 180 Å². The average Bonchev–Trinajstić information content (AvgIpc) is 0.656. The van der Waals surface area contributed by atoms with Crippen molar-refractivity contribution in [3.05, 3.63) is 116 Å². The Balaban J connectivity index is 0.000000230.